The molecule has 1 aromatic carbocycles. The second-order valence-electron chi connectivity index (χ2n) is 5.61. The Balaban J connectivity index is 0.000000350. The number of nitrogens with zero attached hydrogens (tertiary/aromatic N) is 1. The molecule has 0 aliphatic carbocycles. The molecule has 1 unspecified atom stereocenters. The number of rotatable bonds is 6. The number of nitrogens with one attached hydrogen (secondary N) is 1. The number of unbranched alkanes of at least 4 members (excludes halogenated alkanes) is 1. The van der Waals surface area contributed by atoms with Crippen LogP contribution in [-0.2, 0) is 4.79 Å². The lowest BCUT2D eigenvalue weighted by Gasteiger charge is -2.12. The first-order valence-corrected chi connectivity index (χ1v) is 8.17. The normalized spacial score (nSPS) is 11.2. The van der Waals surface area contributed by atoms with Gasteiger partial charge in [0.25, 0.3) is 0 Å². The topological polar surface area (TPSA) is 192 Å². The van der Waals surface area contributed by atoms with Gasteiger partial charge in [0, 0.05) is 0 Å². The fraction of sp³-hybridized carbons (Fsp3) is 0.294. The number of hydrogen-bond acceptors (Lipinski definition) is 8. The molecule has 12 N–H and O–H groups in total. The number of benzene rings is 1. The van der Waals surface area contributed by atoms with Crippen molar-refractivity contribution < 1.29 is 9.90 Å². The number of para-hydroxylation sites is 2. The van der Waals surface area contributed by atoms with Gasteiger partial charge in [0.2, 0.25) is 5.91 Å². The van der Waals surface area contributed by atoms with Crippen molar-refractivity contribution in [2.75, 3.05) is 29.1 Å². The molecule has 26 heavy (non-hydrogen) atoms. The standard InChI is InChI=1S/C11H20N6O.C6H7NO/c12-6-2-1-3-8(14)11(18)17-9-5-4-7(13)10(15)16-9;7-5-3-1-2-4-6(5)8/h4-5,8H,1-3,6,12-14H2,(H3,15,16,17,18);1-4,8H,7H2. The van der Waals surface area contributed by atoms with Gasteiger partial charge in [-0.15, -0.1) is 0 Å². The van der Waals surface area contributed by atoms with Crippen LogP contribution in [0.15, 0.2) is 36.4 Å². The second-order valence-corrected chi connectivity index (χ2v) is 5.61. The SMILES string of the molecule is NCCCCC(N)C(=O)Nc1ccc(N)c(N)n1.Nc1ccccc1O. The minimum atomic E-state index is -0.572. The summed E-state index contributed by atoms with van der Waals surface area (Å²) >= 11 is 0. The van der Waals surface area contributed by atoms with Gasteiger partial charge in [-0.05, 0) is 43.7 Å². The van der Waals surface area contributed by atoms with Crippen molar-refractivity contribution in [3.8, 4) is 5.75 Å². The van der Waals surface area contributed by atoms with Gasteiger partial charge in [-0.1, -0.05) is 18.6 Å². The molecular formula is C17H27N7O2. The molecule has 0 saturated heterocycles. The molecule has 0 spiro atoms. The monoisotopic (exact) mass is 361 g/mol. The van der Waals surface area contributed by atoms with Gasteiger partial charge in [-0.2, -0.15) is 0 Å². The van der Waals surface area contributed by atoms with Crippen LogP contribution in [0.1, 0.15) is 19.3 Å². The third-order valence-electron chi connectivity index (χ3n) is 3.45. The molecule has 9 heteroatoms. The summed E-state index contributed by atoms with van der Waals surface area (Å²) in [6.45, 7) is 0.602. The number of nitrogens with two attached hydrogens (primary N) is 5. The number of amides is 1. The zero-order valence-electron chi connectivity index (χ0n) is 14.6. The van der Waals surface area contributed by atoms with Crippen molar-refractivity contribution in [3.63, 3.8) is 0 Å². The van der Waals surface area contributed by atoms with E-state index in [-0.39, 0.29) is 17.5 Å². The largest absolute Gasteiger partial charge is 0.506 e. The minimum absolute atomic E-state index is 0.146. The Hall–Kier alpha value is -3.04. The highest BCUT2D eigenvalue weighted by atomic mass is 16.3. The maximum atomic E-state index is 11.7. The van der Waals surface area contributed by atoms with Crippen LogP contribution < -0.4 is 34.0 Å². The molecule has 1 atom stereocenters. The van der Waals surface area contributed by atoms with Crippen LogP contribution in [-0.4, -0.2) is 28.6 Å². The van der Waals surface area contributed by atoms with E-state index >= 15 is 0 Å². The summed E-state index contributed by atoms with van der Waals surface area (Å²) in [6.07, 6.45) is 2.27. The summed E-state index contributed by atoms with van der Waals surface area (Å²) in [5.74, 6) is 0.390. The number of nitrogen functional groups attached to an aromatic ring is 3. The Kier molecular flexibility index (Phi) is 8.68. The van der Waals surface area contributed by atoms with Crippen molar-refractivity contribution >= 4 is 28.9 Å². The Morgan fingerprint density at radius 3 is 2.31 bits per heavy atom. The number of anilines is 4. The van der Waals surface area contributed by atoms with Crippen molar-refractivity contribution in [3.05, 3.63) is 36.4 Å². The third-order valence-corrected chi connectivity index (χ3v) is 3.45. The maximum Gasteiger partial charge on any atom is 0.242 e. The average Bonchev–Trinajstić information content (AvgIpc) is 2.61. The average molecular weight is 361 g/mol. The molecular weight excluding hydrogens is 334 g/mol. The fourth-order valence-corrected chi connectivity index (χ4v) is 1.90. The lowest BCUT2D eigenvalue weighted by Crippen LogP contribution is -2.35. The molecule has 1 amide bonds. The quantitative estimate of drug-likeness (QED) is 0.221. The summed E-state index contributed by atoms with van der Waals surface area (Å²) in [5, 5.41) is 11.4. The fourth-order valence-electron chi connectivity index (χ4n) is 1.90. The van der Waals surface area contributed by atoms with Crippen LogP contribution >= 0.6 is 0 Å². The number of aromatic nitrogens is 1. The molecule has 1 aromatic heterocycles. The zero-order chi connectivity index (χ0) is 19.5. The maximum absolute atomic E-state index is 11.7. The molecule has 9 nitrogen and oxygen atoms in total. The van der Waals surface area contributed by atoms with E-state index in [0.29, 0.717) is 30.2 Å². The Labute approximate surface area is 152 Å². The van der Waals surface area contributed by atoms with Crippen LogP contribution in [0.5, 0.6) is 5.75 Å². The van der Waals surface area contributed by atoms with Crippen LogP contribution in [0, 0.1) is 0 Å². The number of phenolic OH excluding ortho intramolecular Hbond substituents is 1. The lowest BCUT2D eigenvalue weighted by molar-refractivity contribution is -0.117. The van der Waals surface area contributed by atoms with E-state index in [0.717, 1.165) is 12.8 Å². The Morgan fingerprint density at radius 1 is 1.08 bits per heavy atom. The number of aromatic hydroxyl groups is 1. The van der Waals surface area contributed by atoms with Crippen LogP contribution in [0.4, 0.5) is 23.0 Å². The van der Waals surface area contributed by atoms with Gasteiger partial charge < -0.3 is 39.1 Å². The first kappa shape index (κ1) is 21.0. The van der Waals surface area contributed by atoms with E-state index in [4.69, 9.17) is 33.8 Å². The predicted molar refractivity (Wildman–Crippen MR) is 105 cm³/mol. The molecule has 142 valence electrons. The molecule has 1 heterocycles. The zero-order valence-corrected chi connectivity index (χ0v) is 14.6. The lowest BCUT2D eigenvalue weighted by atomic mass is 10.1. The van der Waals surface area contributed by atoms with Crippen molar-refractivity contribution in [1.29, 1.82) is 0 Å². The smallest absolute Gasteiger partial charge is 0.242 e. The molecule has 0 fully saturated rings. The Morgan fingerprint density at radius 2 is 1.77 bits per heavy atom. The van der Waals surface area contributed by atoms with E-state index in [1.54, 1.807) is 36.4 Å². The van der Waals surface area contributed by atoms with E-state index in [9.17, 15) is 4.79 Å². The van der Waals surface area contributed by atoms with Crippen LogP contribution in [0.3, 0.4) is 0 Å². The van der Waals surface area contributed by atoms with Crippen LogP contribution in [0.25, 0.3) is 0 Å². The van der Waals surface area contributed by atoms with E-state index < -0.39 is 6.04 Å². The van der Waals surface area contributed by atoms with Gasteiger partial charge in [0.05, 0.1) is 17.4 Å². The molecule has 0 aliphatic heterocycles. The molecule has 0 radical (unpaired) electrons. The Bertz CT molecular complexity index is 688. The van der Waals surface area contributed by atoms with Crippen molar-refractivity contribution in [2.24, 2.45) is 11.5 Å². The van der Waals surface area contributed by atoms with E-state index in [2.05, 4.69) is 10.3 Å². The highest BCUT2D eigenvalue weighted by Crippen LogP contribution is 2.16. The third kappa shape index (κ3) is 7.24. The summed E-state index contributed by atoms with van der Waals surface area (Å²) in [7, 11) is 0. The number of hydrogen-bond donors (Lipinski definition) is 7. The number of pyridine rings is 1. The van der Waals surface area contributed by atoms with Gasteiger partial charge in [0.15, 0.2) is 0 Å². The minimum Gasteiger partial charge on any atom is -0.506 e. The highest BCUT2D eigenvalue weighted by molar-refractivity contribution is 5.94. The molecule has 2 rings (SSSR count). The van der Waals surface area contributed by atoms with Crippen molar-refractivity contribution in [2.45, 2.75) is 25.3 Å². The number of phenols is 1. The number of carbonyl (C=O) groups excluding carboxylic acids is 1. The van der Waals surface area contributed by atoms with Gasteiger partial charge in [-0.3, -0.25) is 4.79 Å². The van der Waals surface area contributed by atoms with E-state index in [1.807, 2.05) is 0 Å². The summed E-state index contributed by atoms with van der Waals surface area (Å²) < 4.78 is 0. The summed E-state index contributed by atoms with van der Waals surface area (Å²) in [6, 6.07) is 9.29. The first-order valence-electron chi connectivity index (χ1n) is 8.17. The number of carbonyl (C=O) groups is 1. The molecule has 0 saturated carbocycles. The van der Waals surface area contributed by atoms with Crippen LogP contribution in [0.2, 0.25) is 0 Å². The van der Waals surface area contributed by atoms with E-state index in [1.165, 1.54) is 0 Å². The predicted octanol–water partition coefficient (Wildman–Crippen LogP) is 0.615. The highest BCUT2D eigenvalue weighted by Gasteiger charge is 2.13. The first-order chi connectivity index (χ1) is 12.3. The van der Waals surface area contributed by atoms with Gasteiger partial charge in [-0.25, -0.2) is 4.98 Å². The summed E-state index contributed by atoms with van der Waals surface area (Å²) in [5.41, 5.74) is 28.2. The molecule has 0 aliphatic rings. The molecule has 2 aromatic rings. The van der Waals surface area contributed by atoms with Crippen molar-refractivity contribution in [1.82, 2.24) is 4.98 Å². The van der Waals surface area contributed by atoms with Gasteiger partial charge in [0.1, 0.15) is 17.4 Å². The summed E-state index contributed by atoms with van der Waals surface area (Å²) in [4.78, 5) is 15.7. The van der Waals surface area contributed by atoms with Gasteiger partial charge >= 0.3 is 0 Å². The second kappa shape index (κ2) is 10.7. The molecule has 0 bridgehead atoms.